The molecule has 0 radical (unpaired) electrons. The van der Waals surface area contributed by atoms with Gasteiger partial charge in [-0.25, -0.2) is 0 Å². The molecule has 0 heterocycles. The summed E-state index contributed by atoms with van der Waals surface area (Å²) in [7, 11) is 0. The second kappa shape index (κ2) is 6.98. The number of aliphatic hydroxyl groups is 2. The van der Waals surface area contributed by atoms with E-state index in [1.165, 1.54) is 18.2 Å². The van der Waals surface area contributed by atoms with E-state index in [0.717, 1.165) is 0 Å². The second-order valence-electron chi connectivity index (χ2n) is 3.94. The maximum atomic E-state index is 12.0. The summed E-state index contributed by atoms with van der Waals surface area (Å²) in [5, 5.41) is 29.4. The molecule has 0 aliphatic rings. The van der Waals surface area contributed by atoms with Crippen molar-refractivity contribution < 1.29 is 28.1 Å². The average Bonchev–Trinajstić information content (AvgIpc) is 2.41. The van der Waals surface area contributed by atoms with Gasteiger partial charge in [-0.1, -0.05) is 0 Å². The van der Waals surface area contributed by atoms with Crippen LogP contribution in [0.15, 0.2) is 18.2 Å². The number of halogens is 3. The highest BCUT2D eigenvalue weighted by atomic mass is 19.4. The van der Waals surface area contributed by atoms with Gasteiger partial charge in [0.25, 0.3) is 0 Å². The molecular formula is C12H13F3N2O3. The van der Waals surface area contributed by atoms with Gasteiger partial charge < -0.3 is 20.3 Å². The molecule has 0 aliphatic carbocycles. The van der Waals surface area contributed by atoms with Crippen LogP contribution in [0.3, 0.4) is 0 Å². The van der Waals surface area contributed by atoms with Crippen molar-refractivity contribution in [2.75, 3.05) is 25.1 Å². The minimum Gasteiger partial charge on any atom is -0.483 e. The maximum absolute atomic E-state index is 12.0. The Morgan fingerprint density at radius 2 is 2.10 bits per heavy atom. The van der Waals surface area contributed by atoms with Gasteiger partial charge in [0, 0.05) is 12.2 Å². The topological polar surface area (TPSA) is 85.5 Å². The monoisotopic (exact) mass is 290 g/mol. The van der Waals surface area contributed by atoms with Gasteiger partial charge in [-0.2, -0.15) is 18.4 Å². The Labute approximate surface area is 113 Å². The van der Waals surface area contributed by atoms with Crippen molar-refractivity contribution in [2.24, 2.45) is 0 Å². The fraction of sp³-hybridized carbons (Fsp3) is 0.417. The highest BCUT2D eigenvalue weighted by Gasteiger charge is 2.28. The first-order valence-electron chi connectivity index (χ1n) is 5.62. The van der Waals surface area contributed by atoms with E-state index in [1.54, 1.807) is 6.07 Å². The van der Waals surface area contributed by atoms with E-state index in [0.29, 0.717) is 5.69 Å². The summed E-state index contributed by atoms with van der Waals surface area (Å²) in [6, 6.07) is 5.68. The molecule has 20 heavy (non-hydrogen) atoms. The molecule has 8 heteroatoms. The summed E-state index contributed by atoms with van der Waals surface area (Å²) in [5.41, 5.74) is 0.367. The van der Waals surface area contributed by atoms with E-state index in [9.17, 15) is 13.2 Å². The Bertz CT molecular complexity index is 486. The highest BCUT2D eigenvalue weighted by molar-refractivity contribution is 5.55. The molecule has 3 N–H and O–H groups in total. The van der Waals surface area contributed by atoms with Crippen LogP contribution in [0.2, 0.25) is 0 Å². The predicted molar refractivity (Wildman–Crippen MR) is 64.3 cm³/mol. The molecule has 0 saturated carbocycles. The first kappa shape index (κ1) is 16.1. The Hall–Kier alpha value is -1.98. The van der Waals surface area contributed by atoms with E-state index in [-0.39, 0.29) is 17.9 Å². The Kier molecular flexibility index (Phi) is 5.61. The normalized spacial score (nSPS) is 12.6. The van der Waals surface area contributed by atoms with Gasteiger partial charge >= 0.3 is 6.18 Å². The van der Waals surface area contributed by atoms with Crippen LogP contribution in [-0.4, -0.2) is 42.3 Å². The van der Waals surface area contributed by atoms with Crippen LogP contribution in [0.5, 0.6) is 5.75 Å². The molecule has 0 spiro atoms. The van der Waals surface area contributed by atoms with Crippen LogP contribution in [0, 0.1) is 11.3 Å². The summed E-state index contributed by atoms with van der Waals surface area (Å²) < 4.78 is 40.6. The molecule has 110 valence electrons. The van der Waals surface area contributed by atoms with Gasteiger partial charge in [0.15, 0.2) is 6.61 Å². The standard InChI is InChI=1S/C12H13F3N2O3/c13-12(14,15)7-20-11-2-1-9(3-8(11)4-16)17-5-10(19)6-18/h1-3,10,17-19H,5-7H2. The number of aliphatic hydroxyl groups excluding tert-OH is 2. The fourth-order valence-corrected chi connectivity index (χ4v) is 1.31. The molecule has 0 aliphatic heterocycles. The van der Waals surface area contributed by atoms with Crippen LogP contribution < -0.4 is 10.1 Å². The molecule has 5 nitrogen and oxygen atoms in total. The second-order valence-corrected chi connectivity index (χ2v) is 3.94. The molecule has 1 atom stereocenters. The first-order valence-corrected chi connectivity index (χ1v) is 5.62. The zero-order valence-corrected chi connectivity index (χ0v) is 10.3. The quantitative estimate of drug-likeness (QED) is 0.734. The summed E-state index contributed by atoms with van der Waals surface area (Å²) in [5.74, 6) is -0.168. The van der Waals surface area contributed by atoms with E-state index in [4.69, 9.17) is 15.5 Å². The minimum atomic E-state index is -4.48. The SMILES string of the molecule is N#Cc1cc(NCC(O)CO)ccc1OCC(F)(F)F. The summed E-state index contributed by atoms with van der Waals surface area (Å²) in [6.45, 7) is -1.85. The van der Waals surface area contributed by atoms with E-state index < -0.39 is 25.5 Å². The van der Waals surface area contributed by atoms with E-state index in [1.807, 2.05) is 0 Å². The summed E-state index contributed by atoms with van der Waals surface area (Å²) >= 11 is 0. The third-order valence-corrected chi connectivity index (χ3v) is 2.24. The molecule has 0 saturated heterocycles. The van der Waals surface area contributed by atoms with Gasteiger partial charge in [-0.05, 0) is 18.2 Å². The molecule has 1 rings (SSSR count). The number of anilines is 1. The van der Waals surface area contributed by atoms with Gasteiger partial charge in [0.1, 0.15) is 11.8 Å². The van der Waals surface area contributed by atoms with Crippen molar-refractivity contribution in [1.29, 1.82) is 5.26 Å². The Balaban J connectivity index is 2.73. The number of rotatable bonds is 6. The molecule has 1 unspecified atom stereocenters. The van der Waals surface area contributed by atoms with Crippen molar-refractivity contribution in [3.8, 4) is 11.8 Å². The Morgan fingerprint density at radius 3 is 2.65 bits per heavy atom. The van der Waals surface area contributed by atoms with E-state index in [2.05, 4.69) is 10.1 Å². The van der Waals surface area contributed by atoms with Gasteiger partial charge in [0.05, 0.1) is 18.3 Å². The number of nitrogens with zero attached hydrogens (tertiary/aromatic N) is 1. The lowest BCUT2D eigenvalue weighted by molar-refractivity contribution is -0.153. The third-order valence-electron chi connectivity index (χ3n) is 2.24. The molecule has 1 aromatic carbocycles. The molecule has 0 amide bonds. The number of nitrogens with one attached hydrogen (secondary N) is 1. The van der Waals surface area contributed by atoms with Crippen LogP contribution in [0.4, 0.5) is 18.9 Å². The van der Waals surface area contributed by atoms with Crippen molar-refractivity contribution in [3.63, 3.8) is 0 Å². The van der Waals surface area contributed by atoms with Crippen LogP contribution in [0.25, 0.3) is 0 Å². The number of hydrogen-bond acceptors (Lipinski definition) is 5. The van der Waals surface area contributed by atoms with E-state index >= 15 is 0 Å². The van der Waals surface area contributed by atoms with Gasteiger partial charge in [-0.15, -0.1) is 0 Å². The number of ether oxygens (including phenoxy) is 1. The smallest absolute Gasteiger partial charge is 0.422 e. The lowest BCUT2D eigenvalue weighted by Gasteiger charge is -2.13. The van der Waals surface area contributed by atoms with Crippen LogP contribution in [0.1, 0.15) is 5.56 Å². The predicted octanol–water partition coefficient (Wildman–Crippen LogP) is 1.26. The van der Waals surface area contributed by atoms with Gasteiger partial charge in [0.2, 0.25) is 0 Å². The summed E-state index contributed by atoms with van der Waals surface area (Å²) in [4.78, 5) is 0. The highest BCUT2D eigenvalue weighted by Crippen LogP contribution is 2.24. The number of alkyl halides is 3. The molecular weight excluding hydrogens is 277 g/mol. The average molecular weight is 290 g/mol. The fourth-order valence-electron chi connectivity index (χ4n) is 1.31. The van der Waals surface area contributed by atoms with Crippen molar-refractivity contribution in [1.82, 2.24) is 0 Å². The lowest BCUT2D eigenvalue weighted by atomic mass is 10.2. The molecule has 0 aromatic heterocycles. The molecule has 1 aromatic rings. The van der Waals surface area contributed by atoms with Crippen molar-refractivity contribution in [3.05, 3.63) is 23.8 Å². The summed E-state index contributed by atoms with van der Waals surface area (Å²) in [6.07, 6.45) is -5.45. The van der Waals surface area contributed by atoms with Crippen molar-refractivity contribution >= 4 is 5.69 Å². The maximum Gasteiger partial charge on any atom is 0.422 e. The number of benzene rings is 1. The van der Waals surface area contributed by atoms with Crippen LogP contribution >= 0.6 is 0 Å². The van der Waals surface area contributed by atoms with Crippen molar-refractivity contribution in [2.45, 2.75) is 12.3 Å². The largest absolute Gasteiger partial charge is 0.483 e. The zero-order valence-electron chi connectivity index (χ0n) is 10.3. The van der Waals surface area contributed by atoms with Crippen LogP contribution in [-0.2, 0) is 0 Å². The number of nitriles is 1. The van der Waals surface area contributed by atoms with Gasteiger partial charge in [-0.3, -0.25) is 0 Å². The number of hydrogen-bond donors (Lipinski definition) is 3. The first-order chi connectivity index (χ1) is 9.35. The third kappa shape index (κ3) is 5.34. The Morgan fingerprint density at radius 1 is 1.40 bits per heavy atom. The zero-order chi connectivity index (χ0) is 15.2. The molecule has 0 fully saturated rings. The minimum absolute atomic E-state index is 0.0458. The molecule has 0 bridgehead atoms. The lowest BCUT2D eigenvalue weighted by Crippen LogP contribution is -2.23.